The number of hydrogen-bond acceptors (Lipinski definition) is 3. The van der Waals surface area contributed by atoms with Gasteiger partial charge in [-0.25, -0.2) is 4.79 Å². The first-order chi connectivity index (χ1) is 9.51. The van der Waals surface area contributed by atoms with E-state index in [4.69, 9.17) is 4.74 Å². The SMILES string of the molecule is CCOC(=O)c1cc(-c2cc(Br)cc(Br)c2)cnc1C. The van der Waals surface area contributed by atoms with E-state index in [2.05, 4.69) is 36.8 Å². The lowest BCUT2D eigenvalue weighted by Crippen LogP contribution is -2.08. The number of hydrogen-bond donors (Lipinski definition) is 0. The van der Waals surface area contributed by atoms with Crippen LogP contribution in [0.25, 0.3) is 11.1 Å². The molecule has 0 atom stereocenters. The van der Waals surface area contributed by atoms with Crippen molar-refractivity contribution in [3.05, 3.63) is 50.7 Å². The summed E-state index contributed by atoms with van der Waals surface area (Å²) in [5, 5.41) is 0. The molecule has 1 aromatic carbocycles. The van der Waals surface area contributed by atoms with Crippen molar-refractivity contribution in [1.82, 2.24) is 4.98 Å². The lowest BCUT2D eigenvalue weighted by atomic mass is 10.0. The lowest BCUT2D eigenvalue weighted by molar-refractivity contribution is 0.0525. The number of nitrogens with zero attached hydrogens (tertiary/aromatic N) is 1. The number of benzene rings is 1. The van der Waals surface area contributed by atoms with Crippen LogP contribution >= 0.6 is 31.9 Å². The molecule has 0 amide bonds. The summed E-state index contributed by atoms with van der Waals surface area (Å²) in [7, 11) is 0. The number of aryl methyl sites for hydroxylation is 1. The summed E-state index contributed by atoms with van der Waals surface area (Å²) >= 11 is 6.91. The van der Waals surface area contributed by atoms with Crippen LogP contribution in [0.15, 0.2) is 39.4 Å². The molecule has 104 valence electrons. The summed E-state index contributed by atoms with van der Waals surface area (Å²) in [6, 6.07) is 7.73. The molecule has 2 rings (SSSR count). The Bertz CT molecular complexity index is 636. The van der Waals surface area contributed by atoms with Crippen LogP contribution in [0.4, 0.5) is 0 Å². The standard InChI is InChI=1S/C15H13Br2NO2/c1-3-20-15(19)14-6-11(8-18-9(14)2)10-4-12(16)7-13(17)5-10/h4-8H,3H2,1-2H3. The van der Waals surface area contributed by atoms with Crippen LogP contribution in [-0.4, -0.2) is 17.6 Å². The summed E-state index contributed by atoms with van der Waals surface area (Å²) in [5.74, 6) is -0.339. The van der Waals surface area contributed by atoms with E-state index >= 15 is 0 Å². The van der Waals surface area contributed by atoms with Crippen LogP contribution in [0.1, 0.15) is 23.0 Å². The van der Waals surface area contributed by atoms with Crippen LogP contribution in [0, 0.1) is 6.92 Å². The first-order valence-electron chi connectivity index (χ1n) is 6.11. The lowest BCUT2D eigenvalue weighted by Gasteiger charge is -2.08. The van der Waals surface area contributed by atoms with E-state index < -0.39 is 0 Å². The first-order valence-corrected chi connectivity index (χ1v) is 7.70. The Morgan fingerprint density at radius 2 is 1.80 bits per heavy atom. The van der Waals surface area contributed by atoms with E-state index in [1.807, 2.05) is 24.3 Å². The molecule has 0 fully saturated rings. The van der Waals surface area contributed by atoms with E-state index in [0.717, 1.165) is 20.1 Å². The summed E-state index contributed by atoms with van der Waals surface area (Å²) in [4.78, 5) is 16.2. The molecule has 5 heteroatoms. The van der Waals surface area contributed by atoms with Gasteiger partial charge in [0.05, 0.1) is 17.9 Å². The molecule has 3 nitrogen and oxygen atoms in total. The molecule has 0 spiro atoms. The molecule has 2 aromatic rings. The summed E-state index contributed by atoms with van der Waals surface area (Å²) < 4.78 is 6.97. The Morgan fingerprint density at radius 3 is 2.40 bits per heavy atom. The predicted molar refractivity (Wildman–Crippen MR) is 85.8 cm³/mol. The van der Waals surface area contributed by atoms with E-state index in [-0.39, 0.29) is 5.97 Å². The average molecular weight is 399 g/mol. The van der Waals surface area contributed by atoms with Gasteiger partial charge in [0, 0.05) is 20.7 Å². The van der Waals surface area contributed by atoms with Crippen molar-refractivity contribution in [2.75, 3.05) is 6.61 Å². The van der Waals surface area contributed by atoms with Gasteiger partial charge in [-0.3, -0.25) is 4.98 Å². The fourth-order valence-corrected chi connectivity index (χ4v) is 3.12. The largest absolute Gasteiger partial charge is 0.462 e. The van der Waals surface area contributed by atoms with Gasteiger partial charge in [0.1, 0.15) is 0 Å². The molecule has 1 aromatic heterocycles. The van der Waals surface area contributed by atoms with Crippen molar-refractivity contribution < 1.29 is 9.53 Å². The second kappa shape index (κ2) is 6.50. The predicted octanol–water partition coefficient (Wildman–Crippen LogP) is 4.76. The van der Waals surface area contributed by atoms with Crippen LogP contribution in [-0.2, 0) is 4.74 Å². The van der Waals surface area contributed by atoms with Gasteiger partial charge in [0.2, 0.25) is 0 Å². The van der Waals surface area contributed by atoms with Gasteiger partial charge in [0.25, 0.3) is 0 Å². The number of carbonyl (C=O) groups excluding carboxylic acids is 1. The molecule has 0 unspecified atom stereocenters. The first kappa shape index (κ1) is 15.2. The van der Waals surface area contributed by atoms with E-state index in [1.54, 1.807) is 20.0 Å². The highest BCUT2D eigenvalue weighted by atomic mass is 79.9. The average Bonchev–Trinajstić information content (AvgIpc) is 2.38. The number of aromatic nitrogens is 1. The van der Waals surface area contributed by atoms with Gasteiger partial charge in [-0.05, 0) is 43.7 Å². The Balaban J connectivity index is 2.48. The third-order valence-corrected chi connectivity index (χ3v) is 3.69. The highest BCUT2D eigenvalue weighted by molar-refractivity contribution is 9.11. The third-order valence-electron chi connectivity index (χ3n) is 2.78. The molecule has 1 heterocycles. The van der Waals surface area contributed by atoms with Crippen LogP contribution < -0.4 is 0 Å². The fraction of sp³-hybridized carbons (Fsp3) is 0.200. The Labute approximate surface area is 134 Å². The quantitative estimate of drug-likeness (QED) is 0.699. The Morgan fingerprint density at radius 1 is 1.15 bits per heavy atom. The smallest absolute Gasteiger partial charge is 0.339 e. The van der Waals surface area contributed by atoms with Gasteiger partial charge in [-0.2, -0.15) is 0 Å². The van der Waals surface area contributed by atoms with Crippen molar-refractivity contribution >= 4 is 37.8 Å². The molecule has 0 N–H and O–H groups in total. The number of ether oxygens (including phenoxy) is 1. The van der Waals surface area contributed by atoms with Gasteiger partial charge in [-0.15, -0.1) is 0 Å². The van der Waals surface area contributed by atoms with Crippen LogP contribution in [0.2, 0.25) is 0 Å². The minimum atomic E-state index is -0.339. The molecule has 20 heavy (non-hydrogen) atoms. The molecular formula is C15H13Br2NO2. The summed E-state index contributed by atoms with van der Waals surface area (Å²) in [5.41, 5.74) is 3.02. The number of halogens is 2. The molecule has 0 aliphatic heterocycles. The topological polar surface area (TPSA) is 39.2 Å². The zero-order chi connectivity index (χ0) is 14.7. The highest BCUT2D eigenvalue weighted by Crippen LogP contribution is 2.28. The summed E-state index contributed by atoms with van der Waals surface area (Å²) in [6.45, 7) is 3.94. The van der Waals surface area contributed by atoms with Crippen molar-refractivity contribution in [2.45, 2.75) is 13.8 Å². The Hall–Kier alpha value is -1.20. The van der Waals surface area contributed by atoms with E-state index in [0.29, 0.717) is 17.9 Å². The molecule has 0 aliphatic rings. The number of rotatable bonds is 3. The molecule has 0 aliphatic carbocycles. The van der Waals surface area contributed by atoms with Crippen LogP contribution in [0.5, 0.6) is 0 Å². The molecule has 0 saturated carbocycles. The zero-order valence-electron chi connectivity index (χ0n) is 11.1. The van der Waals surface area contributed by atoms with Crippen molar-refractivity contribution in [3.8, 4) is 11.1 Å². The fourth-order valence-electron chi connectivity index (χ4n) is 1.83. The van der Waals surface area contributed by atoms with Gasteiger partial charge >= 0.3 is 5.97 Å². The Kier molecular flexibility index (Phi) is 4.94. The zero-order valence-corrected chi connectivity index (χ0v) is 14.3. The second-order valence-electron chi connectivity index (χ2n) is 4.24. The van der Waals surface area contributed by atoms with E-state index in [9.17, 15) is 4.79 Å². The van der Waals surface area contributed by atoms with Crippen LogP contribution in [0.3, 0.4) is 0 Å². The van der Waals surface area contributed by atoms with Gasteiger partial charge in [-0.1, -0.05) is 31.9 Å². The normalized spacial score (nSPS) is 10.4. The molecular weight excluding hydrogens is 386 g/mol. The van der Waals surface area contributed by atoms with Crippen molar-refractivity contribution in [3.63, 3.8) is 0 Å². The number of carbonyl (C=O) groups is 1. The molecule has 0 saturated heterocycles. The maximum Gasteiger partial charge on any atom is 0.339 e. The second-order valence-corrected chi connectivity index (χ2v) is 6.07. The molecule has 0 bridgehead atoms. The van der Waals surface area contributed by atoms with Gasteiger partial charge in [0.15, 0.2) is 0 Å². The minimum Gasteiger partial charge on any atom is -0.462 e. The maximum atomic E-state index is 11.9. The maximum absolute atomic E-state index is 11.9. The van der Waals surface area contributed by atoms with Crippen molar-refractivity contribution in [1.29, 1.82) is 0 Å². The number of esters is 1. The summed E-state index contributed by atoms with van der Waals surface area (Å²) in [6.07, 6.45) is 1.76. The number of pyridine rings is 1. The minimum absolute atomic E-state index is 0.339. The van der Waals surface area contributed by atoms with Crippen molar-refractivity contribution in [2.24, 2.45) is 0 Å². The van der Waals surface area contributed by atoms with Gasteiger partial charge < -0.3 is 4.74 Å². The molecule has 0 radical (unpaired) electrons. The van der Waals surface area contributed by atoms with E-state index in [1.165, 1.54) is 0 Å². The third kappa shape index (κ3) is 3.46. The monoisotopic (exact) mass is 397 g/mol. The highest BCUT2D eigenvalue weighted by Gasteiger charge is 2.13.